The molecule has 3 aromatic heterocycles. The summed E-state index contributed by atoms with van der Waals surface area (Å²) in [5.74, 6) is 2.35. The number of carbonyl (C=O) groups excluding carboxylic acids is 1. The first-order chi connectivity index (χ1) is 17.2. The summed E-state index contributed by atoms with van der Waals surface area (Å²) in [6.45, 7) is 2.28. The molecule has 5 aromatic rings. The van der Waals surface area contributed by atoms with E-state index in [1.807, 2.05) is 51.7 Å². The van der Waals surface area contributed by atoms with Crippen LogP contribution >= 0.6 is 0 Å². The summed E-state index contributed by atoms with van der Waals surface area (Å²) in [4.78, 5) is 19.7. The maximum absolute atomic E-state index is 12.1. The van der Waals surface area contributed by atoms with Crippen molar-refractivity contribution >= 4 is 17.1 Å². The van der Waals surface area contributed by atoms with Gasteiger partial charge in [0.2, 0.25) is 5.88 Å². The summed E-state index contributed by atoms with van der Waals surface area (Å²) in [7, 11) is 1.62. The molecule has 0 saturated carbocycles. The van der Waals surface area contributed by atoms with Gasteiger partial charge in [-0.25, -0.2) is 9.78 Å². The molecule has 0 amide bonds. The van der Waals surface area contributed by atoms with Gasteiger partial charge in [-0.3, -0.25) is 4.57 Å². The van der Waals surface area contributed by atoms with E-state index >= 15 is 0 Å². The quantitative estimate of drug-likeness (QED) is 0.378. The summed E-state index contributed by atoms with van der Waals surface area (Å²) in [6.07, 6.45) is 3.41. The van der Waals surface area contributed by atoms with Gasteiger partial charge in [0, 0.05) is 29.1 Å². The molecule has 1 aliphatic heterocycles. The van der Waals surface area contributed by atoms with E-state index in [1.54, 1.807) is 20.4 Å². The number of methoxy groups -OCH3 is 1. The highest BCUT2D eigenvalue weighted by Crippen LogP contribution is 2.37. The molecule has 0 bridgehead atoms. The van der Waals surface area contributed by atoms with Crippen LogP contribution in [0.25, 0.3) is 28.0 Å². The topological polar surface area (TPSA) is 109 Å². The van der Waals surface area contributed by atoms with Crippen LogP contribution in [0.3, 0.4) is 0 Å². The van der Waals surface area contributed by atoms with Crippen LogP contribution in [0.4, 0.5) is 4.79 Å². The monoisotopic (exact) mass is 470 g/mol. The number of imidazole rings is 1. The average Bonchev–Trinajstić information content (AvgIpc) is 3.56. The van der Waals surface area contributed by atoms with E-state index in [-0.39, 0.29) is 12.5 Å². The molecule has 0 unspecified atom stereocenters. The van der Waals surface area contributed by atoms with E-state index in [9.17, 15) is 4.79 Å². The lowest BCUT2D eigenvalue weighted by Crippen LogP contribution is -2.14. The Morgan fingerprint density at radius 3 is 2.91 bits per heavy atom. The van der Waals surface area contributed by atoms with Crippen LogP contribution in [0.5, 0.6) is 11.6 Å². The van der Waals surface area contributed by atoms with Crippen molar-refractivity contribution in [2.75, 3.05) is 13.7 Å². The number of aromatic amines is 1. The maximum atomic E-state index is 12.1. The van der Waals surface area contributed by atoms with Crippen LogP contribution in [0.2, 0.25) is 0 Å². The number of carbonyl (C=O) groups is 1. The Kier molecular flexibility index (Phi) is 4.98. The Labute approximate surface area is 200 Å². The molecule has 4 heterocycles. The van der Waals surface area contributed by atoms with Crippen LogP contribution in [0.15, 0.2) is 55.0 Å². The van der Waals surface area contributed by atoms with E-state index in [2.05, 4.69) is 26.2 Å². The van der Waals surface area contributed by atoms with E-state index in [1.165, 1.54) is 0 Å². The molecule has 0 spiro atoms. The third kappa shape index (κ3) is 3.50. The fourth-order valence-corrected chi connectivity index (χ4v) is 4.48. The fraction of sp³-hybridized carbons (Fsp3) is 0.200. The van der Waals surface area contributed by atoms with Crippen LogP contribution in [0.1, 0.15) is 24.0 Å². The number of H-pyrrole nitrogens is 1. The smallest absolute Gasteiger partial charge is 0.497 e. The molecule has 2 aromatic carbocycles. The van der Waals surface area contributed by atoms with Gasteiger partial charge in [-0.15, -0.1) is 10.2 Å². The highest BCUT2D eigenvalue weighted by atomic mass is 16.7. The maximum Gasteiger partial charge on any atom is 0.515 e. The minimum atomic E-state index is -0.795. The zero-order chi connectivity index (χ0) is 23.9. The predicted octanol–water partition coefficient (Wildman–Crippen LogP) is 4.11. The van der Waals surface area contributed by atoms with Crippen molar-refractivity contribution in [1.29, 1.82) is 0 Å². The van der Waals surface area contributed by atoms with Crippen molar-refractivity contribution < 1.29 is 19.0 Å². The largest absolute Gasteiger partial charge is 0.515 e. The van der Waals surface area contributed by atoms with Gasteiger partial charge in [0.25, 0.3) is 0 Å². The van der Waals surface area contributed by atoms with Gasteiger partial charge in [0.05, 0.1) is 25.9 Å². The van der Waals surface area contributed by atoms with Gasteiger partial charge in [0.15, 0.2) is 5.82 Å². The Hall–Kier alpha value is -4.60. The first-order valence-corrected chi connectivity index (χ1v) is 11.2. The van der Waals surface area contributed by atoms with Crippen LogP contribution in [-0.4, -0.2) is 49.2 Å². The third-order valence-corrected chi connectivity index (χ3v) is 6.13. The van der Waals surface area contributed by atoms with E-state index in [4.69, 9.17) is 14.2 Å². The Bertz CT molecular complexity index is 1560. The molecular weight excluding hydrogens is 448 g/mol. The second-order valence-electron chi connectivity index (χ2n) is 8.10. The lowest BCUT2D eigenvalue weighted by atomic mass is 10.1. The normalized spacial score (nSPS) is 11.9. The number of fused-ring (bicyclic) bond motifs is 6. The van der Waals surface area contributed by atoms with Crippen molar-refractivity contribution in [3.8, 4) is 28.7 Å². The van der Waals surface area contributed by atoms with Gasteiger partial charge in [0.1, 0.15) is 23.6 Å². The Balaban J connectivity index is 1.49. The van der Waals surface area contributed by atoms with E-state index in [0.29, 0.717) is 30.2 Å². The zero-order valence-corrected chi connectivity index (χ0v) is 19.2. The number of hydrogen-bond acceptors (Lipinski definition) is 7. The zero-order valence-electron chi connectivity index (χ0n) is 19.2. The minimum Gasteiger partial charge on any atom is -0.497 e. The van der Waals surface area contributed by atoms with Crippen LogP contribution in [0, 0.1) is 0 Å². The molecule has 0 fully saturated rings. The van der Waals surface area contributed by atoms with Gasteiger partial charge >= 0.3 is 6.16 Å². The lowest BCUT2D eigenvalue weighted by molar-refractivity contribution is 0.102. The lowest BCUT2D eigenvalue weighted by Gasteiger charge is -2.10. The standard InChI is InChI=1S/C25H22N6O4/c1-3-34-25(32)35-24-21-13-30-22(10-15-12-26-19-7-5-4-6-17(15)19)28-29-23(30)18-11-16(33-2)8-9-20(18)31(21)14-27-24/h4-9,11-12,14,26H,3,10,13H2,1-2H3. The molecule has 1 aliphatic rings. The van der Waals surface area contributed by atoms with Gasteiger partial charge in [-0.05, 0) is 36.8 Å². The van der Waals surface area contributed by atoms with Gasteiger partial charge < -0.3 is 23.8 Å². The van der Waals surface area contributed by atoms with Crippen LogP contribution < -0.4 is 9.47 Å². The van der Waals surface area contributed by atoms with Crippen molar-refractivity contribution in [3.63, 3.8) is 0 Å². The number of nitrogens with zero attached hydrogens (tertiary/aromatic N) is 5. The number of nitrogens with one attached hydrogen (secondary N) is 1. The number of hydrogen-bond donors (Lipinski definition) is 1. The molecule has 6 rings (SSSR count). The SMILES string of the molecule is CCOC(=O)Oc1ncn2c1Cn1c(Cc3c[nH]c4ccccc34)nnc1-c1cc(OC)ccc1-2. The summed E-state index contributed by atoms with van der Waals surface area (Å²) < 4.78 is 19.8. The summed E-state index contributed by atoms with van der Waals surface area (Å²) in [6, 6.07) is 13.9. The number of ether oxygens (including phenoxy) is 3. The molecule has 10 nitrogen and oxygen atoms in total. The molecule has 0 saturated heterocycles. The molecular formula is C25H22N6O4. The number of rotatable bonds is 5. The van der Waals surface area contributed by atoms with Crippen molar-refractivity contribution in [3.05, 3.63) is 72.1 Å². The summed E-state index contributed by atoms with van der Waals surface area (Å²) in [5.41, 5.74) is 4.53. The van der Waals surface area contributed by atoms with Crippen LogP contribution in [-0.2, 0) is 17.7 Å². The molecule has 176 valence electrons. The first-order valence-electron chi connectivity index (χ1n) is 11.2. The molecule has 0 atom stereocenters. The van der Waals surface area contributed by atoms with Crippen molar-refractivity contribution in [2.24, 2.45) is 0 Å². The third-order valence-electron chi connectivity index (χ3n) is 6.13. The van der Waals surface area contributed by atoms with E-state index in [0.717, 1.165) is 33.5 Å². The van der Waals surface area contributed by atoms with Crippen molar-refractivity contribution in [1.82, 2.24) is 29.3 Å². The van der Waals surface area contributed by atoms with Gasteiger partial charge in [-0.2, -0.15) is 0 Å². The summed E-state index contributed by atoms with van der Waals surface area (Å²) >= 11 is 0. The molecule has 1 N–H and O–H groups in total. The second-order valence-corrected chi connectivity index (χ2v) is 8.10. The predicted molar refractivity (Wildman–Crippen MR) is 127 cm³/mol. The van der Waals surface area contributed by atoms with Crippen molar-refractivity contribution in [2.45, 2.75) is 19.9 Å². The number of para-hydroxylation sites is 1. The molecule has 0 aliphatic carbocycles. The van der Waals surface area contributed by atoms with E-state index < -0.39 is 6.16 Å². The van der Waals surface area contributed by atoms with Gasteiger partial charge in [-0.1, -0.05) is 18.2 Å². The second kappa shape index (κ2) is 8.32. The Morgan fingerprint density at radius 2 is 2.06 bits per heavy atom. The Morgan fingerprint density at radius 1 is 1.17 bits per heavy atom. The molecule has 0 radical (unpaired) electrons. The number of benzene rings is 2. The highest BCUT2D eigenvalue weighted by Gasteiger charge is 2.28. The average molecular weight is 470 g/mol. The highest BCUT2D eigenvalue weighted by molar-refractivity contribution is 5.83. The number of aromatic nitrogens is 6. The molecule has 35 heavy (non-hydrogen) atoms. The summed E-state index contributed by atoms with van der Waals surface area (Å²) in [5, 5.41) is 10.2. The fourth-order valence-electron chi connectivity index (χ4n) is 4.48. The molecule has 10 heteroatoms. The first kappa shape index (κ1) is 21.0. The minimum absolute atomic E-state index is 0.185.